The molecule has 0 saturated carbocycles. The lowest BCUT2D eigenvalue weighted by molar-refractivity contribution is -0.144. The molecule has 0 radical (unpaired) electrons. The Kier molecular flexibility index (Phi) is 6.65. The van der Waals surface area contributed by atoms with Crippen LogP contribution >= 0.6 is 0 Å². The van der Waals surface area contributed by atoms with Crippen molar-refractivity contribution in [2.75, 3.05) is 20.2 Å². The summed E-state index contributed by atoms with van der Waals surface area (Å²) in [6.07, 6.45) is 4.78. The van der Waals surface area contributed by atoms with Crippen molar-refractivity contribution in [1.29, 1.82) is 0 Å². The van der Waals surface area contributed by atoms with Crippen LogP contribution in [0.3, 0.4) is 0 Å². The molecule has 4 nitrogen and oxygen atoms in total. The number of nitrogens with one attached hydrogen (secondary N) is 1. The average Bonchev–Trinajstić information content (AvgIpc) is 2.36. The fourth-order valence-corrected chi connectivity index (χ4v) is 2.73. The van der Waals surface area contributed by atoms with E-state index in [-0.39, 0.29) is 12.0 Å². The molecule has 3 atom stereocenters. The fourth-order valence-electron chi connectivity index (χ4n) is 2.73. The molecule has 0 aromatic carbocycles. The van der Waals surface area contributed by atoms with E-state index in [1.54, 1.807) is 0 Å². The van der Waals surface area contributed by atoms with E-state index >= 15 is 0 Å². The summed E-state index contributed by atoms with van der Waals surface area (Å²) in [6, 6.07) is 0.923. The minimum Gasteiger partial charge on any atom is -0.468 e. The second kappa shape index (κ2) is 7.74. The van der Waals surface area contributed by atoms with Crippen molar-refractivity contribution in [1.82, 2.24) is 10.2 Å². The summed E-state index contributed by atoms with van der Waals surface area (Å²) < 4.78 is 4.89. The van der Waals surface area contributed by atoms with Gasteiger partial charge in [-0.25, -0.2) is 0 Å². The smallest absolute Gasteiger partial charge is 0.324 e. The number of ether oxygens (including phenoxy) is 1. The van der Waals surface area contributed by atoms with Crippen molar-refractivity contribution in [3.63, 3.8) is 0 Å². The van der Waals surface area contributed by atoms with Crippen molar-refractivity contribution >= 4 is 5.97 Å². The van der Waals surface area contributed by atoms with Gasteiger partial charge in [0.05, 0.1) is 7.11 Å². The first kappa shape index (κ1) is 15.4. The monoisotopic (exact) mass is 256 g/mol. The zero-order chi connectivity index (χ0) is 13.5. The van der Waals surface area contributed by atoms with Crippen molar-refractivity contribution in [2.24, 2.45) is 0 Å². The zero-order valence-electron chi connectivity index (χ0n) is 12.2. The molecule has 0 aromatic heterocycles. The summed E-state index contributed by atoms with van der Waals surface area (Å²) in [5.41, 5.74) is 0. The molecule has 0 bridgehead atoms. The maximum absolute atomic E-state index is 11.8. The lowest BCUT2D eigenvalue weighted by atomic mass is 9.97. The van der Waals surface area contributed by atoms with Gasteiger partial charge in [-0.1, -0.05) is 13.3 Å². The molecule has 106 valence electrons. The fraction of sp³-hybridized carbons (Fsp3) is 0.929. The quantitative estimate of drug-likeness (QED) is 0.736. The summed E-state index contributed by atoms with van der Waals surface area (Å²) >= 11 is 0. The van der Waals surface area contributed by atoms with Crippen LogP contribution in [0.25, 0.3) is 0 Å². The van der Waals surface area contributed by atoms with Gasteiger partial charge < -0.3 is 10.1 Å². The third kappa shape index (κ3) is 4.25. The molecule has 3 unspecified atom stereocenters. The van der Waals surface area contributed by atoms with Gasteiger partial charge >= 0.3 is 5.97 Å². The maximum Gasteiger partial charge on any atom is 0.324 e. The predicted octanol–water partition coefficient (Wildman–Crippen LogP) is 1.79. The molecule has 0 aromatic rings. The summed E-state index contributed by atoms with van der Waals surface area (Å²) in [6.45, 7) is 8.23. The van der Waals surface area contributed by atoms with Gasteiger partial charge in [-0.15, -0.1) is 0 Å². The van der Waals surface area contributed by atoms with Crippen molar-refractivity contribution in [3.8, 4) is 0 Å². The maximum atomic E-state index is 11.8. The lowest BCUT2D eigenvalue weighted by Gasteiger charge is -2.40. The molecule has 18 heavy (non-hydrogen) atoms. The first-order valence-corrected chi connectivity index (χ1v) is 7.17. The second-order valence-corrected chi connectivity index (χ2v) is 5.36. The molecular formula is C14H28N2O2. The molecule has 1 rings (SSSR count). The largest absolute Gasteiger partial charge is 0.468 e. The summed E-state index contributed by atoms with van der Waals surface area (Å²) in [4.78, 5) is 14.2. The van der Waals surface area contributed by atoms with E-state index in [9.17, 15) is 4.79 Å². The Morgan fingerprint density at radius 3 is 2.50 bits per heavy atom. The van der Waals surface area contributed by atoms with E-state index in [4.69, 9.17) is 4.74 Å². The van der Waals surface area contributed by atoms with Gasteiger partial charge in [0, 0.05) is 18.6 Å². The highest BCUT2D eigenvalue weighted by atomic mass is 16.5. The molecule has 1 saturated heterocycles. The van der Waals surface area contributed by atoms with Crippen LogP contribution in [0.2, 0.25) is 0 Å². The highest BCUT2D eigenvalue weighted by Gasteiger charge is 2.29. The Hall–Kier alpha value is -0.610. The molecule has 0 amide bonds. The van der Waals surface area contributed by atoms with E-state index in [1.165, 1.54) is 26.4 Å². The van der Waals surface area contributed by atoms with E-state index in [2.05, 4.69) is 31.0 Å². The van der Waals surface area contributed by atoms with Gasteiger partial charge in [-0.2, -0.15) is 0 Å². The van der Waals surface area contributed by atoms with Gasteiger partial charge in [0.2, 0.25) is 0 Å². The molecule has 1 heterocycles. The van der Waals surface area contributed by atoms with Gasteiger partial charge in [0.15, 0.2) is 0 Å². The predicted molar refractivity (Wildman–Crippen MR) is 73.6 cm³/mol. The van der Waals surface area contributed by atoms with E-state index in [0.29, 0.717) is 12.1 Å². The summed E-state index contributed by atoms with van der Waals surface area (Å²) in [5.74, 6) is -0.145. The van der Waals surface area contributed by atoms with Gasteiger partial charge in [0.25, 0.3) is 0 Å². The number of esters is 1. The molecule has 1 N–H and O–H groups in total. The van der Waals surface area contributed by atoms with Gasteiger partial charge in [-0.05, 0) is 39.7 Å². The third-order valence-electron chi connectivity index (χ3n) is 3.90. The highest BCUT2D eigenvalue weighted by molar-refractivity contribution is 5.75. The number of carbonyl (C=O) groups excluding carboxylic acids is 1. The normalized spacial score (nSPS) is 26.9. The van der Waals surface area contributed by atoms with Crippen molar-refractivity contribution in [3.05, 3.63) is 0 Å². The molecule has 4 heteroatoms. The first-order valence-electron chi connectivity index (χ1n) is 7.17. The van der Waals surface area contributed by atoms with Gasteiger partial charge in [0.1, 0.15) is 6.04 Å². The SMILES string of the molecule is CCCNC(CN1C(C)CCCC1C)C(=O)OC. The first-order chi connectivity index (χ1) is 8.60. The number of methoxy groups -OCH3 is 1. The number of likely N-dealkylation sites (tertiary alicyclic amines) is 1. The third-order valence-corrected chi connectivity index (χ3v) is 3.90. The number of piperidine rings is 1. The molecule has 1 fully saturated rings. The van der Waals surface area contributed by atoms with Crippen LogP contribution in [-0.2, 0) is 9.53 Å². The summed E-state index contributed by atoms with van der Waals surface area (Å²) in [7, 11) is 1.46. The molecule has 1 aliphatic heterocycles. The molecule has 0 aliphatic carbocycles. The second-order valence-electron chi connectivity index (χ2n) is 5.36. The number of hydrogen-bond acceptors (Lipinski definition) is 4. The Balaban J connectivity index is 2.59. The Labute approximate surface area is 111 Å². The Morgan fingerprint density at radius 2 is 2.00 bits per heavy atom. The molecular weight excluding hydrogens is 228 g/mol. The van der Waals surface area contributed by atoms with E-state index in [1.807, 2.05) is 0 Å². The van der Waals surface area contributed by atoms with E-state index < -0.39 is 0 Å². The van der Waals surface area contributed by atoms with Crippen LogP contribution in [0.5, 0.6) is 0 Å². The van der Waals surface area contributed by atoms with E-state index in [0.717, 1.165) is 19.5 Å². The van der Waals surface area contributed by atoms with Crippen LogP contribution in [-0.4, -0.2) is 49.2 Å². The number of carbonyl (C=O) groups is 1. The highest BCUT2D eigenvalue weighted by Crippen LogP contribution is 2.22. The summed E-state index contributed by atoms with van der Waals surface area (Å²) in [5, 5.41) is 3.29. The Bertz CT molecular complexity index is 248. The van der Waals surface area contributed by atoms with Crippen LogP contribution in [0.4, 0.5) is 0 Å². The zero-order valence-corrected chi connectivity index (χ0v) is 12.2. The number of rotatable bonds is 6. The molecule has 0 spiro atoms. The molecule has 1 aliphatic rings. The topological polar surface area (TPSA) is 41.6 Å². The van der Waals surface area contributed by atoms with Crippen molar-refractivity contribution < 1.29 is 9.53 Å². The van der Waals surface area contributed by atoms with Crippen LogP contribution < -0.4 is 5.32 Å². The van der Waals surface area contributed by atoms with Gasteiger partial charge in [-0.3, -0.25) is 9.69 Å². The number of nitrogens with zero attached hydrogens (tertiary/aromatic N) is 1. The standard InChI is InChI=1S/C14H28N2O2/c1-5-9-15-13(14(17)18-4)10-16-11(2)7-6-8-12(16)3/h11-13,15H,5-10H2,1-4H3. The van der Waals surface area contributed by atoms with Crippen molar-refractivity contribution in [2.45, 2.75) is 64.6 Å². The Morgan fingerprint density at radius 1 is 1.39 bits per heavy atom. The van der Waals surface area contributed by atoms with Crippen LogP contribution in [0.15, 0.2) is 0 Å². The van der Waals surface area contributed by atoms with Crippen LogP contribution in [0.1, 0.15) is 46.5 Å². The minimum atomic E-state index is -0.196. The minimum absolute atomic E-state index is 0.145. The van der Waals surface area contributed by atoms with Crippen LogP contribution in [0, 0.1) is 0 Å². The lowest BCUT2D eigenvalue weighted by Crippen LogP contribution is -2.53. The average molecular weight is 256 g/mol. The number of hydrogen-bond donors (Lipinski definition) is 1.